The summed E-state index contributed by atoms with van der Waals surface area (Å²) < 4.78 is 0. The molecule has 0 radical (unpaired) electrons. The van der Waals surface area contributed by atoms with E-state index in [9.17, 15) is 9.59 Å². The summed E-state index contributed by atoms with van der Waals surface area (Å²) in [7, 11) is 0. The fourth-order valence-electron chi connectivity index (χ4n) is 2.73. The van der Waals surface area contributed by atoms with E-state index < -0.39 is 0 Å². The predicted octanol–water partition coefficient (Wildman–Crippen LogP) is 3.17. The van der Waals surface area contributed by atoms with Crippen LogP contribution in [-0.2, 0) is 17.8 Å². The summed E-state index contributed by atoms with van der Waals surface area (Å²) >= 11 is 1.40. The highest BCUT2D eigenvalue weighted by molar-refractivity contribution is 7.98. The molecular formula is C19H25N3O2S. The Bertz CT molecular complexity index is 759. The molecule has 1 aromatic carbocycles. The monoisotopic (exact) mass is 359 g/mol. The predicted molar refractivity (Wildman–Crippen MR) is 102 cm³/mol. The first-order chi connectivity index (χ1) is 12.0. The molecule has 5 nitrogen and oxygen atoms in total. The first kappa shape index (κ1) is 19.2. The highest BCUT2D eigenvalue weighted by Crippen LogP contribution is 2.12. The molecule has 2 aromatic rings. The third-order valence-electron chi connectivity index (χ3n) is 4.05. The van der Waals surface area contributed by atoms with Crippen molar-refractivity contribution in [1.82, 2.24) is 14.9 Å². The van der Waals surface area contributed by atoms with Crippen LogP contribution in [0.2, 0.25) is 0 Å². The number of rotatable bonds is 8. The van der Waals surface area contributed by atoms with E-state index in [2.05, 4.69) is 16.9 Å². The van der Waals surface area contributed by atoms with E-state index in [0.717, 1.165) is 12.0 Å². The number of amides is 1. The van der Waals surface area contributed by atoms with Crippen LogP contribution in [0.15, 0.2) is 40.3 Å². The number of aromatic amines is 1. The number of aryl methyl sites for hydroxylation is 1. The Morgan fingerprint density at radius 3 is 2.60 bits per heavy atom. The standard InChI is InChI=1S/C19H25N3O2S/c1-4-12-22(13-15-8-6-5-7-9-15)17(23)11-10-16-14(2)20-19(25-3)21-18(16)24/h5-9H,4,10-13H2,1-3H3,(H,20,21,24). The molecule has 25 heavy (non-hydrogen) atoms. The van der Waals surface area contributed by atoms with Gasteiger partial charge >= 0.3 is 0 Å². The molecule has 0 saturated carbocycles. The van der Waals surface area contributed by atoms with Gasteiger partial charge in [0.1, 0.15) is 0 Å². The summed E-state index contributed by atoms with van der Waals surface area (Å²) in [5, 5.41) is 0.606. The Kier molecular flexibility index (Phi) is 7.25. The van der Waals surface area contributed by atoms with Crippen LogP contribution < -0.4 is 5.56 Å². The van der Waals surface area contributed by atoms with Gasteiger partial charge in [-0.2, -0.15) is 0 Å². The third-order valence-corrected chi connectivity index (χ3v) is 4.63. The topological polar surface area (TPSA) is 66.1 Å². The van der Waals surface area contributed by atoms with Gasteiger partial charge in [0.05, 0.1) is 0 Å². The van der Waals surface area contributed by atoms with Crippen LogP contribution in [0, 0.1) is 6.92 Å². The van der Waals surface area contributed by atoms with E-state index >= 15 is 0 Å². The Balaban J connectivity index is 2.05. The quantitative estimate of drug-likeness (QED) is 0.581. The molecule has 1 N–H and O–H groups in total. The van der Waals surface area contributed by atoms with Crippen molar-refractivity contribution in [1.29, 1.82) is 0 Å². The normalized spacial score (nSPS) is 10.7. The van der Waals surface area contributed by atoms with E-state index in [1.54, 1.807) is 0 Å². The molecule has 134 valence electrons. The molecule has 0 bridgehead atoms. The van der Waals surface area contributed by atoms with Crippen LogP contribution in [0.4, 0.5) is 0 Å². The van der Waals surface area contributed by atoms with Crippen molar-refractivity contribution < 1.29 is 4.79 Å². The molecule has 0 aliphatic carbocycles. The maximum Gasteiger partial charge on any atom is 0.254 e. The van der Waals surface area contributed by atoms with Gasteiger partial charge in [-0.1, -0.05) is 49.0 Å². The minimum Gasteiger partial charge on any atom is -0.338 e. The molecule has 0 fully saturated rings. The van der Waals surface area contributed by atoms with Crippen molar-refractivity contribution >= 4 is 17.7 Å². The van der Waals surface area contributed by atoms with Crippen LogP contribution in [0.5, 0.6) is 0 Å². The van der Waals surface area contributed by atoms with Gasteiger partial charge in [0.2, 0.25) is 5.91 Å². The van der Waals surface area contributed by atoms with Gasteiger partial charge in [0, 0.05) is 30.8 Å². The minimum atomic E-state index is -0.144. The highest BCUT2D eigenvalue weighted by atomic mass is 32.2. The lowest BCUT2D eigenvalue weighted by molar-refractivity contribution is -0.131. The van der Waals surface area contributed by atoms with Crippen molar-refractivity contribution in [3.8, 4) is 0 Å². The second-order valence-electron chi connectivity index (χ2n) is 5.94. The number of carbonyl (C=O) groups excluding carboxylic acids is 1. The van der Waals surface area contributed by atoms with E-state index in [4.69, 9.17) is 0 Å². The fraction of sp³-hybridized carbons (Fsp3) is 0.421. The van der Waals surface area contributed by atoms with Gasteiger partial charge in [-0.25, -0.2) is 4.98 Å². The average Bonchev–Trinajstić information content (AvgIpc) is 2.61. The van der Waals surface area contributed by atoms with Gasteiger partial charge < -0.3 is 9.88 Å². The second-order valence-corrected chi connectivity index (χ2v) is 6.74. The Morgan fingerprint density at radius 2 is 2.00 bits per heavy atom. The summed E-state index contributed by atoms with van der Waals surface area (Å²) in [6, 6.07) is 9.97. The van der Waals surface area contributed by atoms with E-state index in [1.165, 1.54) is 11.8 Å². The Morgan fingerprint density at radius 1 is 1.28 bits per heavy atom. The van der Waals surface area contributed by atoms with Crippen molar-refractivity contribution in [2.75, 3.05) is 12.8 Å². The van der Waals surface area contributed by atoms with Gasteiger partial charge in [-0.05, 0) is 31.6 Å². The zero-order chi connectivity index (χ0) is 18.2. The third kappa shape index (κ3) is 5.46. The lowest BCUT2D eigenvalue weighted by Crippen LogP contribution is -2.32. The zero-order valence-electron chi connectivity index (χ0n) is 15.0. The molecule has 1 aromatic heterocycles. The lowest BCUT2D eigenvalue weighted by atomic mass is 10.1. The van der Waals surface area contributed by atoms with Crippen LogP contribution in [-0.4, -0.2) is 33.6 Å². The highest BCUT2D eigenvalue weighted by Gasteiger charge is 2.15. The molecule has 1 heterocycles. The van der Waals surface area contributed by atoms with E-state index in [0.29, 0.717) is 42.3 Å². The summed E-state index contributed by atoms with van der Waals surface area (Å²) in [4.78, 5) is 33.8. The number of carbonyl (C=O) groups is 1. The molecule has 1 amide bonds. The van der Waals surface area contributed by atoms with Gasteiger partial charge in [0.25, 0.3) is 5.56 Å². The van der Waals surface area contributed by atoms with Crippen LogP contribution in [0.25, 0.3) is 0 Å². The second kappa shape index (κ2) is 9.42. The Hall–Kier alpha value is -2.08. The first-order valence-electron chi connectivity index (χ1n) is 8.50. The fourth-order valence-corrected chi connectivity index (χ4v) is 3.15. The lowest BCUT2D eigenvalue weighted by Gasteiger charge is -2.22. The first-order valence-corrected chi connectivity index (χ1v) is 9.73. The number of hydrogen-bond donors (Lipinski definition) is 1. The molecule has 0 aliphatic rings. The molecule has 6 heteroatoms. The average molecular weight is 359 g/mol. The summed E-state index contributed by atoms with van der Waals surface area (Å²) in [6.45, 7) is 5.20. The smallest absolute Gasteiger partial charge is 0.254 e. The number of aromatic nitrogens is 2. The summed E-state index contributed by atoms with van der Waals surface area (Å²) in [6.07, 6.45) is 3.50. The molecule has 0 unspecified atom stereocenters. The number of H-pyrrole nitrogens is 1. The van der Waals surface area contributed by atoms with Crippen molar-refractivity contribution in [2.24, 2.45) is 0 Å². The molecule has 0 atom stereocenters. The van der Waals surface area contributed by atoms with Gasteiger partial charge in [-0.3, -0.25) is 9.59 Å². The summed E-state index contributed by atoms with van der Waals surface area (Å²) in [5.74, 6) is 0.0680. The van der Waals surface area contributed by atoms with Crippen molar-refractivity contribution in [2.45, 2.75) is 44.8 Å². The number of hydrogen-bond acceptors (Lipinski definition) is 4. The number of nitrogens with one attached hydrogen (secondary N) is 1. The number of benzene rings is 1. The van der Waals surface area contributed by atoms with Crippen molar-refractivity contribution in [3.05, 3.63) is 57.5 Å². The van der Waals surface area contributed by atoms with E-state index in [-0.39, 0.29) is 11.5 Å². The molecule has 2 rings (SSSR count). The van der Waals surface area contributed by atoms with Crippen molar-refractivity contribution in [3.63, 3.8) is 0 Å². The molecule has 0 spiro atoms. The molecule has 0 aliphatic heterocycles. The Labute approximate surface area is 152 Å². The SMILES string of the molecule is CCCN(Cc1ccccc1)C(=O)CCc1c(C)nc(SC)[nH]c1=O. The summed E-state index contributed by atoms with van der Waals surface area (Å²) in [5.41, 5.74) is 2.27. The minimum absolute atomic E-state index is 0.0680. The van der Waals surface area contributed by atoms with Gasteiger partial charge in [0.15, 0.2) is 5.16 Å². The van der Waals surface area contributed by atoms with Gasteiger partial charge in [-0.15, -0.1) is 0 Å². The van der Waals surface area contributed by atoms with E-state index in [1.807, 2.05) is 48.4 Å². The largest absolute Gasteiger partial charge is 0.338 e. The van der Waals surface area contributed by atoms with Crippen LogP contribution in [0.3, 0.4) is 0 Å². The van der Waals surface area contributed by atoms with Crippen LogP contribution in [0.1, 0.15) is 36.6 Å². The molecule has 0 saturated heterocycles. The maximum atomic E-state index is 12.6. The molecular weight excluding hydrogens is 334 g/mol. The maximum absolute atomic E-state index is 12.6. The number of thioether (sulfide) groups is 1. The zero-order valence-corrected chi connectivity index (χ0v) is 15.9. The van der Waals surface area contributed by atoms with Crippen LogP contribution >= 0.6 is 11.8 Å². The number of nitrogens with zero attached hydrogens (tertiary/aromatic N) is 2.